The minimum absolute atomic E-state index is 0.0951. The van der Waals surface area contributed by atoms with Gasteiger partial charge < -0.3 is 14.0 Å². The molecule has 2 N–H and O–H groups in total. The Balaban J connectivity index is 1.94. The smallest absolute Gasteiger partial charge is 0.339 e. The number of anilines is 1. The summed E-state index contributed by atoms with van der Waals surface area (Å²) in [7, 11) is -7.46. The van der Waals surface area contributed by atoms with Gasteiger partial charge in [-0.15, -0.1) is 0 Å². The van der Waals surface area contributed by atoms with E-state index in [1.54, 1.807) is 6.07 Å². The number of carboxylic acid groups (broad SMARTS) is 1. The molecule has 12 heteroatoms. The summed E-state index contributed by atoms with van der Waals surface area (Å²) in [6.07, 6.45) is 0. The van der Waals surface area contributed by atoms with Crippen LogP contribution in [0, 0.1) is 5.82 Å². The Morgan fingerprint density at radius 3 is 2.16 bits per heavy atom. The zero-order valence-electron chi connectivity index (χ0n) is 16.4. The first-order valence-electron chi connectivity index (χ1n) is 8.77. The van der Waals surface area contributed by atoms with Crippen LogP contribution in [0.15, 0.2) is 76.5 Å². The summed E-state index contributed by atoms with van der Waals surface area (Å²) in [4.78, 5) is 10.9. The number of benzene rings is 3. The third-order valence-corrected chi connectivity index (χ3v) is 6.75. The summed E-state index contributed by atoms with van der Waals surface area (Å²) in [5, 5.41) is 9.45. The van der Waals surface area contributed by atoms with E-state index in [-0.39, 0.29) is 16.3 Å². The highest BCUT2D eigenvalue weighted by Gasteiger charge is 2.24. The minimum Gasteiger partial charge on any atom is -0.494 e. The molecular weight excluding hydrogens is 465 g/mol. The van der Waals surface area contributed by atoms with Gasteiger partial charge in [-0.05, 0) is 42.5 Å². The van der Waals surface area contributed by atoms with Gasteiger partial charge in [0.25, 0.3) is 10.0 Å². The minimum atomic E-state index is -4.36. The molecule has 32 heavy (non-hydrogen) atoms. The SMILES string of the molecule is COc1ccc(NS(=O)(=O)c2ccc(OS(=O)(=O)c3ccccc3)c(C(=O)O)c2)cc1F. The third kappa shape index (κ3) is 4.98. The maximum Gasteiger partial charge on any atom is 0.339 e. The first kappa shape index (κ1) is 23.0. The lowest BCUT2D eigenvalue weighted by Gasteiger charge is -2.13. The molecule has 0 unspecified atom stereocenters. The van der Waals surface area contributed by atoms with E-state index in [1.807, 2.05) is 0 Å². The molecule has 0 aliphatic carbocycles. The fourth-order valence-electron chi connectivity index (χ4n) is 2.61. The molecule has 0 aliphatic rings. The molecule has 0 heterocycles. The Kier molecular flexibility index (Phi) is 6.37. The molecule has 0 spiro atoms. The topological polar surface area (TPSA) is 136 Å². The van der Waals surface area contributed by atoms with E-state index in [0.29, 0.717) is 0 Å². The molecule has 0 bridgehead atoms. The van der Waals surface area contributed by atoms with Crippen molar-refractivity contribution >= 4 is 31.8 Å². The third-order valence-electron chi connectivity index (χ3n) is 4.13. The molecule has 0 saturated carbocycles. The number of carboxylic acids is 1. The van der Waals surface area contributed by atoms with Gasteiger partial charge in [0.05, 0.1) is 17.7 Å². The molecule has 0 saturated heterocycles. The van der Waals surface area contributed by atoms with Crippen LogP contribution in [0.3, 0.4) is 0 Å². The van der Waals surface area contributed by atoms with Crippen LogP contribution in [-0.4, -0.2) is 35.0 Å². The van der Waals surface area contributed by atoms with Crippen molar-refractivity contribution in [2.45, 2.75) is 9.79 Å². The summed E-state index contributed by atoms with van der Waals surface area (Å²) >= 11 is 0. The molecule has 3 aromatic rings. The van der Waals surface area contributed by atoms with E-state index in [4.69, 9.17) is 8.92 Å². The Bertz CT molecular complexity index is 1370. The van der Waals surface area contributed by atoms with Gasteiger partial charge in [0.1, 0.15) is 10.5 Å². The van der Waals surface area contributed by atoms with Crippen LogP contribution < -0.4 is 13.6 Å². The molecule has 168 valence electrons. The van der Waals surface area contributed by atoms with E-state index in [1.165, 1.54) is 43.5 Å². The summed E-state index contributed by atoms with van der Waals surface area (Å²) in [6, 6.07) is 13.0. The van der Waals surface area contributed by atoms with E-state index in [0.717, 1.165) is 24.3 Å². The number of sulfonamides is 1. The van der Waals surface area contributed by atoms with Gasteiger partial charge in [-0.1, -0.05) is 18.2 Å². The van der Waals surface area contributed by atoms with Crippen molar-refractivity contribution in [3.63, 3.8) is 0 Å². The Morgan fingerprint density at radius 1 is 0.906 bits per heavy atom. The average molecular weight is 481 g/mol. The lowest BCUT2D eigenvalue weighted by Crippen LogP contribution is -2.16. The number of aromatic carboxylic acids is 1. The van der Waals surface area contributed by atoms with Crippen molar-refractivity contribution in [1.29, 1.82) is 0 Å². The number of rotatable bonds is 8. The van der Waals surface area contributed by atoms with Gasteiger partial charge >= 0.3 is 16.1 Å². The number of halogens is 1. The van der Waals surface area contributed by atoms with Gasteiger partial charge in [0, 0.05) is 6.07 Å². The van der Waals surface area contributed by atoms with E-state index in [2.05, 4.69) is 4.72 Å². The summed E-state index contributed by atoms with van der Waals surface area (Å²) in [5.41, 5.74) is -0.833. The average Bonchev–Trinajstić information content (AvgIpc) is 2.74. The molecule has 0 radical (unpaired) electrons. The summed E-state index contributed by atoms with van der Waals surface area (Å²) < 4.78 is 75.7. The normalized spacial score (nSPS) is 11.6. The number of carbonyl (C=O) groups is 1. The van der Waals surface area contributed by atoms with Crippen molar-refractivity contribution in [2.24, 2.45) is 0 Å². The quantitative estimate of drug-likeness (QED) is 0.469. The predicted molar refractivity (Wildman–Crippen MR) is 111 cm³/mol. The van der Waals surface area contributed by atoms with Crippen molar-refractivity contribution in [1.82, 2.24) is 0 Å². The van der Waals surface area contributed by atoms with Crippen LogP contribution in [0.1, 0.15) is 10.4 Å². The number of nitrogens with one attached hydrogen (secondary N) is 1. The molecule has 9 nitrogen and oxygen atoms in total. The molecule has 0 atom stereocenters. The highest BCUT2D eigenvalue weighted by molar-refractivity contribution is 7.92. The maximum absolute atomic E-state index is 13.8. The van der Waals surface area contributed by atoms with Gasteiger partial charge in [0.15, 0.2) is 17.3 Å². The first-order valence-corrected chi connectivity index (χ1v) is 11.7. The molecule has 0 amide bonds. The monoisotopic (exact) mass is 481 g/mol. The fraction of sp³-hybridized carbons (Fsp3) is 0.0500. The molecular formula is C20H16FNO8S2. The van der Waals surface area contributed by atoms with Crippen LogP contribution >= 0.6 is 0 Å². The second-order valence-electron chi connectivity index (χ2n) is 6.27. The van der Waals surface area contributed by atoms with E-state index >= 15 is 0 Å². The first-order chi connectivity index (χ1) is 15.0. The number of hydrogen-bond donors (Lipinski definition) is 2. The molecule has 3 rings (SSSR count). The van der Waals surface area contributed by atoms with Crippen molar-refractivity contribution < 1.29 is 40.0 Å². The zero-order valence-corrected chi connectivity index (χ0v) is 18.0. The second-order valence-corrected chi connectivity index (χ2v) is 9.50. The van der Waals surface area contributed by atoms with Crippen molar-refractivity contribution in [3.8, 4) is 11.5 Å². The highest BCUT2D eigenvalue weighted by atomic mass is 32.2. The van der Waals surface area contributed by atoms with Crippen LogP contribution in [0.25, 0.3) is 0 Å². The van der Waals surface area contributed by atoms with Crippen LogP contribution in [-0.2, 0) is 20.1 Å². The van der Waals surface area contributed by atoms with Gasteiger partial charge in [-0.3, -0.25) is 4.72 Å². The van der Waals surface area contributed by atoms with Gasteiger partial charge in [0.2, 0.25) is 0 Å². The molecule has 0 aliphatic heterocycles. The largest absolute Gasteiger partial charge is 0.494 e. The van der Waals surface area contributed by atoms with Crippen molar-refractivity contribution in [3.05, 3.63) is 78.1 Å². The molecule has 0 aromatic heterocycles. The highest BCUT2D eigenvalue weighted by Crippen LogP contribution is 2.28. The fourth-order valence-corrected chi connectivity index (χ4v) is 4.66. The number of ether oxygens (including phenoxy) is 1. The Labute approximate surface area is 183 Å². The number of hydrogen-bond acceptors (Lipinski definition) is 7. The Hall–Kier alpha value is -3.64. The van der Waals surface area contributed by atoms with Gasteiger partial charge in [-0.25, -0.2) is 17.6 Å². The standard InChI is InChI=1S/C20H16FNO8S2/c1-29-19-9-7-13(11-17(19)21)22-31(25,26)15-8-10-18(16(12-15)20(23)24)30-32(27,28)14-5-3-2-4-6-14/h2-12,22H,1H3,(H,23,24). The molecule has 3 aromatic carbocycles. The van der Waals surface area contributed by atoms with Gasteiger partial charge in [-0.2, -0.15) is 8.42 Å². The van der Waals surface area contributed by atoms with E-state index < -0.39 is 48.1 Å². The van der Waals surface area contributed by atoms with Crippen molar-refractivity contribution in [2.75, 3.05) is 11.8 Å². The van der Waals surface area contributed by atoms with Crippen LogP contribution in [0.2, 0.25) is 0 Å². The predicted octanol–water partition coefficient (Wildman–Crippen LogP) is 3.10. The second kappa shape index (κ2) is 8.85. The lowest BCUT2D eigenvalue weighted by molar-refractivity contribution is 0.0695. The van der Waals surface area contributed by atoms with E-state index in [9.17, 15) is 31.1 Å². The lowest BCUT2D eigenvalue weighted by atomic mass is 10.2. The Morgan fingerprint density at radius 2 is 1.56 bits per heavy atom. The van der Waals surface area contributed by atoms with Crippen LogP contribution in [0.5, 0.6) is 11.5 Å². The zero-order chi connectivity index (χ0) is 23.5. The maximum atomic E-state index is 13.8. The molecule has 0 fully saturated rings. The summed E-state index contributed by atoms with van der Waals surface area (Å²) in [6.45, 7) is 0. The van der Waals surface area contributed by atoms with Crippen LogP contribution in [0.4, 0.5) is 10.1 Å². The number of methoxy groups -OCH3 is 1. The summed E-state index contributed by atoms with van der Waals surface area (Å²) in [5.74, 6) is -3.09.